The van der Waals surface area contributed by atoms with E-state index >= 15 is 0 Å². The van der Waals surface area contributed by atoms with Crippen LogP contribution in [-0.2, 0) is 11.2 Å². The topological polar surface area (TPSA) is 46.5 Å². The number of methoxy groups -OCH3 is 1. The first kappa shape index (κ1) is 19.4. The number of carbonyl (C=O) groups is 1. The molecular weight excluding hydrogens is 316 g/mol. The largest absolute Gasteiger partial charge is 0.496 e. The van der Waals surface area contributed by atoms with E-state index in [1.54, 1.807) is 13.8 Å². The molecule has 0 amide bonds. The summed E-state index contributed by atoms with van der Waals surface area (Å²) in [6, 6.07) is 2.50. The van der Waals surface area contributed by atoms with E-state index in [0.717, 1.165) is 6.07 Å². The lowest BCUT2D eigenvalue weighted by atomic mass is 9.83. The van der Waals surface area contributed by atoms with Crippen molar-refractivity contribution in [3.05, 3.63) is 29.1 Å². The second kappa shape index (κ2) is 7.29. The Hall–Kier alpha value is -1.63. The van der Waals surface area contributed by atoms with E-state index in [2.05, 4.69) is 0 Å². The van der Waals surface area contributed by atoms with Gasteiger partial charge in [0.05, 0.1) is 7.11 Å². The van der Waals surface area contributed by atoms with Gasteiger partial charge >= 0.3 is 6.18 Å². The van der Waals surface area contributed by atoms with Gasteiger partial charge < -0.3 is 9.84 Å². The van der Waals surface area contributed by atoms with Gasteiger partial charge in [0, 0.05) is 5.56 Å². The number of carbonyl (C=O) groups excluding carboxylic acids is 1. The van der Waals surface area contributed by atoms with Crippen LogP contribution in [0.1, 0.15) is 43.7 Å². The summed E-state index contributed by atoms with van der Waals surface area (Å²) in [5.74, 6) is -1.16. The molecule has 2 atom stereocenters. The molecule has 1 aromatic rings. The second-order valence-corrected chi connectivity index (χ2v) is 5.35. The molecule has 0 aliphatic rings. The molecule has 1 aromatic carbocycles. The molecule has 2 unspecified atom stereocenters. The summed E-state index contributed by atoms with van der Waals surface area (Å²) >= 11 is 0. The summed E-state index contributed by atoms with van der Waals surface area (Å²) < 4.78 is 57.8. The third-order valence-electron chi connectivity index (χ3n) is 3.97. The fraction of sp³-hybridized carbons (Fsp3) is 0.562. The first-order valence-electron chi connectivity index (χ1n) is 7.25. The molecule has 23 heavy (non-hydrogen) atoms. The van der Waals surface area contributed by atoms with Gasteiger partial charge in [-0.05, 0) is 36.8 Å². The molecule has 0 heterocycles. The lowest BCUT2D eigenvalue weighted by Crippen LogP contribution is -2.47. The molecule has 0 spiro atoms. The molecule has 0 aliphatic heterocycles. The quantitative estimate of drug-likeness (QED) is 0.609. The van der Waals surface area contributed by atoms with Crippen molar-refractivity contribution in [1.29, 1.82) is 0 Å². The SMILES string of the molecule is CCc1c(F)ccc(C(CC)CC(O)(C=O)C(F)(F)F)c1OC. The van der Waals surface area contributed by atoms with E-state index in [1.165, 1.54) is 13.2 Å². The van der Waals surface area contributed by atoms with Crippen LogP contribution in [0.3, 0.4) is 0 Å². The van der Waals surface area contributed by atoms with Crippen molar-refractivity contribution in [2.75, 3.05) is 7.11 Å². The molecule has 130 valence electrons. The van der Waals surface area contributed by atoms with E-state index < -0.39 is 36.2 Å². The predicted octanol–water partition coefficient (Wildman–Crippen LogP) is 3.77. The van der Waals surface area contributed by atoms with Crippen LogP contribution in [0.2, 0.25) is 0 Å². The van der Waals surface area contributed by atoms with Crippen molar-refractivity contribution < 1.29 is 32.2 Å². The zero-order chi connectivity index (χ0) is 17.8. The summed E-state index contributed by atoms with van der Waals surface area (Å²) in [4.78, 5) is 10.8. The van der Waals surface area contributed by atoms with Gasteiger partial charge in [-0.1, -0.05) is 19.9 Å². The minimum absolute atomic E-state index is 0.162. The lowest BCUT2D eigenvalue weighted by molar-refractivity contribution is -0.247. The van der Waals surface area contributed by atoms with Crippen LogP contribution in [0, 0.1) is 5.82 Å². The summed E-state index contributed by atoms with van der Waals surface area (Å²) in [5, 5.41) is 9.66. The number of rotatable bonds is 7. The molecular formula is C16H20F4O3. The Morgan fingerprint density at radius 1 is 1.30 bits per heavy atom. The highest BCUT2D eigenvalue weighted by molar-refractivity contribution is 5.64. The van der Waals surface area contributed by atoms with Crippen LogP contribution in [-0.4, -0.2) is 30.3 Å². The van der Waals surface area contributed by atoms with Crippen molar-refractivity contribution in [3.63, 3.8) is 0 Å². The molecule has 0 fully saturated rings. The first-order chi connectivity index (χ1) is 10.6. The number of halogens is 4. The van der Waals surface area contributed by atoms with Gasteiger partial charge in [0.2, 0.25) is 5.60 Å². The van der Waals surface area contributed by atoms with Crippen LogP contribution in [0.25, 0.3) is 0 Å². The van der Waals surface area contributed by atoms with Crippen LogP contribution in [0.5, 0.6) is 5.75 Å². The summed E-state index contributed by atoms with van der Waals surface area (Å²) in [7, 11) is 1.31. The summed E-state index contributed by atoms with van der Waals surface area (Å²) in [5.41, 5.74) is -2.85. The predicted molar refractivity (Wildman–Crippen MR) is 77.0 cm³/mol. The summed E-state index contributed by atoms with van der Waals surface area (Å²) in [6.45, 7) is 3.32. The number of alkyl halides is 3. The number of hydrogen-bond acceptors (Lipinski definition) is 3. The van der Waals surface area contributed by atoms with Gasteiger partial charge in [0.1, 0.15) is 11.6 Å². The third kappa shape index (κ3) is 3.83. The Kier molecular flexibility index (Phi) is 6.16. The zero-order valence-electron chi connectivity index (χ0n) is 13.2. The van der Waals surface area contributed by atoms with Crippen molar-refractivity contribution in [1.82, 2.24) is 0 Å². The highest BCUT2D eigenvalue weighted by Crippen LogP contribution is 2.42. The molecule has 0 saturated heterocycles. The number of benzene rings is 1. The molecule has 1 N–H and O–H groups in total. The maximum absolute atomic E-state index is 13.8. The van der Waals surface area contributed by atoms with E-state index in [1.807, 2.05) is 0 Å². The smallest absolute Gasteiger partial charge is 0.424 e. The van der Waals surface area contributed by atoms with Gasteiger partial charge in [-0.2, -0.15) is 13.2 Å². The van der Waals surface area contributed by atoms with Gasteiger partial charge in [0.15, 0.2) is 6.29 Å². The molecule has 0 bridgehead atoms. The molecule has 1 rings (SSSR count). The Morgan fingerprint density at radius 2 is 1.91 bits per heavy atom. The first-order valence-corrected chi connectivity index (χ1v) is 7.25. The molecule has 0 aliphatic carbocycles. The number of ether oxygens (including phenoxy) is 1. The molecule has 3 nitrogen and oxygen atoms in total. The number of aldehydes is 1. The minimum Gasteiger partial charge on any atom is -0.496 e. The Bertz CT molecular complexity index is 557. The molecule has 7 heteroatoms. The average molecular weight is 336 g/mol. The Balaban J connectivity index is 3.34. The van der Waals surface area contributed by atoms with Gasteiger partial charge in [-0.15, -0.1) is 0 Å². The number of hydrogen-bond donors (Lipinski definition) is 1. The second-order valence-electron chi connectivity index (χ2n) is 5.35. The molecule has 0 saturated carbocycles. The third-order valence-corrected chi connectivity index (χ3v) is 3.97. The maximum Gasteiger partial charge on any atom is 0.424 e. The van der Waals surface area contributed by atoms with Crippen LogP contribution >= 0.6 is 0 Å². The van der Waals surface area contributed by atoms with Crippen molar-refractivity contribution in [2.24, 2.45) is 0 Å². The van der Waals surface area contributed by atoms with Crippen LogP contribution in [0.15, 0.2) is 12.1 Å². The normalized spacial score (nSPS) is 15.8. The van der Waals surface area contributed by atoms with E-state index in [0.29, 0.717) is 12.0 Å². The van der Waals surface area contributed by atoms with Gasteiger partial charge in [-0.25, -0.2) is 4.39 Å². The average Bonchev–Trinajstić information content (AvgIpc) is 2.50. The standard InChI is InChI=1S/C16H20F4O3/c1-4-10(8-15(22,9-21)16(18,19)20)12-6-7-13(17)11(5-2)14(12)23-3/h6-7,9-10,22H,4-5,8H2,1-3H3. The highest BCUT2D eigenvalue weighted by atomic mass is 19.4. The van der Waals surface area contributed by atoms with Gasteiger partial charge in [-0.3, -0.25) is 4.79 Å². The monoisotopic (exact) mass is 336 g/mol. The van der Waals surface area contributed by atoms with E-state index in [-0.39, 0.29) is 17.7 Å². The van der Waals surface area contributed by atoms with Crippen LogP contribution in [0.4, 0.5) is 17.6 Å². The van der Waals surface area contributed by atoms with E-state index in [9.17, 15) is 27.5 Å². The fourth-order valence-electron chi connectivity index (χ4n) is 2.59. The van der Waals surface area contributed by atoms with Crippen molar-refractivity contribution >= 4 is 6.29 Å². The molecule has 0 aromatic heterocycles. The van der Waals surface area contributed by atoms with Crippen molar-refractivity contribution in [3.8, 4) is 5.75 Å². The van der Waals surface area contributed by atoms with Crippen molar-refractivity contribution in [2.45, 2.75) is 50.8 Å². The zero-order valence-corrected chi connectivity index (χ0v) is 13.2. The highest BCUT2D eigenvalue weighted by Gasteiger charge is 2.54. The Labute approximate surface area is 132 Å². The maximum atomic E-state index is 13.8. The molecule has 0 radical (unpaired) electrons. The minimum atomic E-state index is -5.08. The Morgan fingerprint density at radius 3 is 2.30 bits per heavy atom. The van der Waals surface area contributed by atoms with Crippen LogP contribution < -0.4 is 4.74 Å². The number of aliphatic hydroxyl groups is 1. The van der Waals surface area contributed by atoms with Gasteiger partial charge in [0.25, 0.3) is 0 Å². The fourth-order valence-corrected chi connectivity index (χ4v) is 2.59. The lowest BCUT2D eigenvalue weighted by Gasteiger charge is -2.30. The van der Waals surface area contributed by atoms with E-state index in [4.69, 9.17) is 4.74 Å². The summed E-state index contributed by atoms with van der Waals surface area (Å²) in [6.07, 6.45) is -5.90.